The van der Waals surface area contributed by atoms with Crippen LogP contribution in [0.4, 0.5) is 4.79 Å². The van der Waals surface area contributed by atoms with Crippen molar-refractivity contribution in [2.24, 2.45) is 5.73 Å². The van der Waals surface area contributed by atoms with E-state index in [9.17, 15) is 9.59 Å². The van der Waals surface area contributed by atoms with Gasteiger partial charge in [0.15, 0.2) is 0 Å². The standard InChI is InChI=1S/C6H6N2O3/c7-6(10)11-8-4-2-1-3-5(8)9/h1-4H,(H2,7,10). The molecule has 0 atom stereocenters. The molecule has 0 saturated carbocycles. The molecule has 1 rings (SSSR count). The number of hydrogen-bond donors (Lipinski definition) is 1. The first-order valence-electron chi connectivity index (χ1n) is 2.85. The summed E-state index contributed by atoms with van der Waals surface area (Å²) in [4.78, 5) is 25.2. The molecule has 2 N–H and O–H groups in total. The Hall–Kier alpha value is -1.78. The van der Waals surface area contributed by atoms with Crippen LogP contribution in [0.5, 0.6) is 0 Å². The molecule has 0 fully saturated rings. The molecule has 0 aromatic carbocycles. The van der Waals surface area contributed by atoms with Crippen LogP contribution in [0.3, 0.4) is 0 Å². The molecule has 5 nitrogen and oxygen atoms in total. The third kappa shape index (κ3) is 1.82. The van der Waals surface area contributed by atoms with Crippen LogP contribution in [0.25, 0.3) is 0 Å². The SMILES string of the molecule is NC(=O)On1ccccc1=O. The highest BCUT2D eigenvalue weighted by Gasteiger charge is 1.96. The summed E-state index contributed by atoms with van der Waals surface area (Å²) >= 11 is 0. The molecule has 0 unspecified atom stereocenters. The van der Waals surface area contributed by atoms with Crippen molar-refractivity contribution in [1.82, 2.24) is 4.73 Å². The van der Waals surface area contributed by atoms with E-state index < -0.39 is 11.7 Å². The Kier molecular flexibility index (Phi) is 1.91. The lowest BCUT2D eigenvalue weighted by Gasteiger charge is -2.00. The van der Waals surface area contributed by atoms with Crippen molar-refractivity contribution in [2.45, 2.75) is 0 Å². The third-order valence-corrected chi connectivity index (χ3v) is 0.977. The van der Waals surface area contributed by atoms with Crippen LogP contribution in [0.1, 0.15) is 0 Å². The molecule has 5 heteroatoms. The summed E-state index contributed by atoms with van der Waals surface area (Å²) in [5.41, 5.74) is 4.23. The van der Waals surface area contributed by atoms with E-state index in [4.69, 9.17) is 0 Å². The number of hydrogen-bond acceptors (Lipinski definition) is 3. The van der Waals surface area contributed by atoms with E-state index in [0.29, 0.717) is 0 Å². The molecule has 11 heavy (non-hydrogen) atoms. The van der Waals surface area contributed by atoms with Gasteiger partial charge in [0.1, 0.15) is 0 Å². The van der Waals surface area contributed by atoms with Crippen molar-refractivity contribution in [3.05, 3.63) is 34.7 Å². The number of carbonyl (C=O) groups excluding carboxylic acids is 1. The molecule has 1 heterocycles. The zero-order valence-electron chi connectivity index (χ0n) is 5.56. The molecule has 0 aliphatic carbocycles. The van der Waals surface area contributed by atoms with Gasteiger partial charge in [-0.1, -0.05) is 6.07 Å². The van der Waals surface area contributed by atoms with Crippen molar-refractivity contribution in [3.8, 4) is 0 Å². The number of aromatic nitrogens is 1. The van der Waals surface area contributed by atoms with Crippen LogP contribution in [0.2, 0.25) is 0 Å². The minimum absolute atomic E-state index is 0.439. The Morgan fingerprint density at radius 1 is 1.55 bits per heavy atom. The number of amides is 1. The van der Waals surface area contributed by atoms with Crippen molar-refractivity contribution in [2.75, 3.05) is 0 Å². The van der Waals surface area contributed by atoms with Gasteiger partial charge in [-0.2, -0.15) is 0 Å². The van der Waals surface area contributed by atoms with Crippen molar-refractivity contribution in [1.29, 1.82) is 0 Å². The number of primary amides is 1. The fourth-order valence-electron chi connectivity index (χ4n) is 0.585. The number of carbonyl (C=O) groups is 1. The van der Waals surface area contributed by atoms with Crippen LogP contribution < -0.4 is 16.1 Å². The second-order valence-electron chi connectivity index (χ2n) is 1.77. The number of rotatable bonds is 1. The quantitative estimate of drug-likeness (QED) is 0.584. The molecule has 0 bridgehead atoms. The van der Waals surface area contributed by atoms with E-state index in [-0.39, 0.29) is 0 Å². The average Bonchev–Trinajstić information content (AvgIpc) is 1.93. The van der Waals surface area contributed by atoms with Gasteiger partial charge >= 0.3 is 6.09 Å². The van der Waals surface area contributed by atoms with Crippen LogP contribution in [0.15, 0.2) is 29.2 Å². The molecule has 58 valence electrons. The maximum Gasteiger partial charge on any atom is 0.429 e. The Bertz CT molecular complexity index is 318. The molecule has 0 aliphatic rings. The van der Waals surface area contributed by atoms with Crippen LogP contribution in [-0.4, -0.2) is 10.8 Å². The Morgan fingerprint density at radius 2 is 2.27 bits per heavy atom. The van der Waals surface area contributed by atoms with Crippen molar-refractivity contribution in [3.63, 3.8) is 0 Å². The number of nitrogens with two attached hydrogens (primary N) is 1. The monoisotopic (exact) mass is 154 g/mol. The van der Waals surface area contributed by atoms with Gasteiger partial charge in [0.25, 0.3) is 5.56 Å². The summed E-state index contributed by atoms with van der Waals surface area (Å²) in [6.45, 7) is 0. The molecular formula is C6H6N2O3. The van der Waals surface area contributed by atoms with Crippen LogP contribution in [-0.2, 0) is 0 Å². The first-order chi connectivity index (χ1) is 5.20. The maximum atomic E-state index is 10.8. The van der Waals surface area contributed by atoms with E-state index in [1.54, 1.807) is 6.07 Å². The lowest BCUT2D eigenvalue weighted by molar-refractivity contribution is 0.138. The summed E-state index contributed by atoms with van der Waals surface area (Å²) < 4.78 is 0.752. The van der Waals surface area contributed by atoms with E-state index in [1.807, 2.05) is 0 Å². The summed E-state index contributed by atoms with van der Waals surface area (Å²) in [6, 6.07) is 4.33. The predicted octanol–water partition coefficient (Wildman–Crippen LogP) is -0.644. The molecule has 1 amide bonds. The molecule has 0 saturated heterocycles. The summed E-state index contributed by atoms with van der Waals surface area (Å²) in [5, 5.41) is 0. The van der Waals surface area contributed by atoms with Gasteiger partial charge in [-0.3, -0.25) is 4.79 Å². The van der Waals surface area contributed by atoms with Gasteiger partial charge in [-0.15, -0.1) is 4.73 Å². The second-order valence-corrected chi connectivity index (χ2v) is 1.77. The summed E-state index contributed by atoms with van der Waals surface area (Å²) in [6.07, 6.45) is 0.283. The molecular weight excluding hydrogens is 148 g/mol. The first kappa shape index (κ1) is 7.33. The zero-order chi connectivity index (χ0) is 8.27. The summed E-state index contributed by atoms with van der Waals surface area (Å²) in [7, 11) is 0. The van der Waals surface area contributed by atoms with Crippen LogP contribution >= 0.6 is 0 Å². The number of nitrogens with zero attached hydrogens (tertiary/aromatic N) is 1. The minimum Gasteiger partial charge on any atom is -0.333 e. The fourth-order valence-corrected chi connectivity index (χ4v) is 0.585. The van der Waals surface area contributed by atoms with E-state index in [2.05, 4.69) is 10.6 Å². The molecule has 0 aliphatic heterocycles. The van der Waals surface area contributed by atoms with Crippen molar-refractivity contribution >= 4 is 6.09 Å². The van der Waals surface area contributed by atoms with E-state index >= 15 is 0 Å². The van der Waals surface area contributed by atoms with Gasteiger partial charge in [-0.05, 0) is 6.07 Å². The Labute approximate surface area is 62.0 Å². The highest BCUT2D eigenvalue weighted by Crippen LogP contribution is 1.76. The van der Waals surface area contributed by atoms with E-state index in [1.165, 1.54) is 18.3 Å². The van der Waals surface area contributed by atoms with Crippen LogP contribution in [0, 0.1) is 0 Å². The smallest absolute Gasteiger partial charge is 0.333 e. The molecule has 1 aromatic heterocycles. The molecule has 0 radical (unpaired) electrons. The Morgan fingerprint density at radius 3 is 2.82 bits per heavy atom. The molecule has 0 spiro atoms. The van der Waals surface area contributed by atoms with Gasteiger partial charge in [-0.25, -0.2) is 4.79 Å². The fraction of sp³-hybridized carbons (Fsp3) is 0. The topological polar surface area (TPSA) is 74.3 Å². The van der Waals surface area contributed by atoms with Gasteiger partial charge in [0.05, 0.1) is 0 Å². The largest absolute Gasteiger partial charge is 0.429 e. The molecule has 1 aromatic rings. The lowest BCUT2D eigenvalue weighted by atomic mass is 10.5. The first-order valence-corrected chi connectivity index (χ1v) is 2.85. The van der Waals surface area contributed by atoms with E-state index in [0.717, 1.165) is 4.73 Å². The summed E-state index contributed by atoms with van der Waals surface area (Å²) in [5.74, 6) is 0. The highest BCUT2D eigenvalue weighted by atomic mass is 16.7. The normalized spacial score (nSPS) is 9.09. The van der Waals surface area contributed by atoms with Gasteiger partial charge in [0.2, 0.25) is 0 Å². The van der Waals surface area contributed by atoms with Gasteiger partial charge in [0, 0.05) is 12.3 Å². The minimum atomic E-state index is -1.02. The highest BCUT2D eigenvalue weighted by molar-refractivity contribution is 5.64. The number of pyridine rings is 1. The van der Waals surface area contributed by atoms with Crippen molar-refractivity contribution < 1.29 is 9.63 Å². The average molecular weight is 154 g/mol. The third-order valence-electron chi connectivity index (χ3n) is 0.977. The zero-order valence-corrected chi connectivity index (χ0v) is 5.56. The Balaban J connectivity index is 2.95. The second kappa shape index (κ2) is 2.87. The predicted molar refractivity (Wildman–Crippen MR) is 36.9 cm³/mol. The maximum absolute atomic E-state index is 10.8. The van der Waals surface area contributed by atoms with Gasteiger partial charge < -0.3 is 10.6 Å². The lowest BCUT2D eigenvalue weighted by Crippen LogP contribution is -2.32.